The van der Waals surface area contributed by atoms with Gasteiger partial charge in [0.05, 0.1) is 30.3 Å². The highest BCUT2D eigenvalue weighted by Crippen LogP contribution is 2.23. The van der Waals surface area contributed by atoms with Crippen molar-refractivity contribution in [3.8, 4) is 0 Å². The smallest absolute Gasteiger partial charge is 0.252 e. The molecule has 1 heterocycles. The van der Waals surface area contributed by atoms with Crippen LogP contribution in [0.4, 0.5) is 0 Å². The quantitative estimate of drug-likeness (QED) is 0.662. The minimum Gasteiger partial charge on any atom is -0.382 e. The van der Waals surface area contributed by atoms with Crippen LogP contribution in [0.25, 0.3) is 0 Å². The molecule has 1 amide bonds. The van der Waals surface area contributed by atoms with E-state index < -0.39 is 15.9 Å². The molecular weight excluding hydrogens is 344 g/mol. The largest absolute Gasteiger partial charge is 0.382 e. The molecule has 0 atom stereocenters. The third-order valence-corrected chi connectivity index (χ3v) is 5.99. The summed E-state index contributed by atoms with van der Waals surface area (Å²) >= 11 is 0. The molecule has 0 aliphatic carbocycles. The van der Waals surface area contributed by atoms with Crippen molar-refractivity contribution >= 4 is 15.9 Å². The van der Waals surface area contributed by atoms with Crippen molar-refractivity contribution in [3.63, 3.8) is 0 Å². The van der Waals surface area contributed by atoms with Gasteiger partial charge in [0.15, 0.2) is 0 Å². The highest BCUT2D eigenvalue weighted by atomic mass is 32.2. The van der Waals surface area contributed by atoms with Crippen LogP contribution >= 0.6 is 0 Å². The number of nitrogens with zero attached hydrogens (tertiary/aromatic N) is 1. The number of carbonyl (C=O) groups is 1. The van der Waals surface area contributed by atoms with E-state index in [0.29, 0.717) is 39.5 Å². The predicted molar refractivity (Wildman–Crippen MR) is 94.1 cm³/mol. The normalized spacial score (nSPS) is 15.9. The van der Waals surface area contributed by atoms with Gasteiger partial charge in [-0.2, -0.15) is 4.31 Å². The molecule has 140 valence electrons. The average molecular weight is 370 g/mol. The topological polar surface area (TPSA) is 84.9 Å². The first-order valence-corrected chi connectivity index (χ1v) is 9.95. The van der Waals surface area contributed by atoms with Crippen LogP contribution in [0.1, 0.15) is 29.6 Å². The second kappa shape index (κ2) is 9.86. The number of sulfonamides is 1. The summed E-state index contributed by atoms with van der Waals surface area (Å²) in [5.41, 5.74) is 0.171. The molecule has 1 aliphatic heterocycles. The van der Waals surface area contributed by atoms with Crippen molar-refractivity contribution in [2.75, 3.05) is 46.6 Å². The Morgan fingerprint density at radius 3 is 2.56 bits per heavy atom. The molecule has 25 heavy (non-hydrogen) atoms. The number of amides is 1. The number of piperidine rings is 1. The lowest BCUT2D eigenvalue weighted by Crippen LogP contribution is -2.37. The Labute approximate surface area is 149 Å². The summed E-state index contributed by atoms with van der Waals surface area (Å²) < 4.78 is 37.4. The van der Waals surface area contributed by atoms with Crippen LogP contribution < -0.4 is 5.32 Å². The lowest BCUT2D eigenvalue weighted by molar-refractivity contribution is 0.0692. The molecule has 1 fully saturated rings. The Morgan fingerprint density at radius 2 is 1.84 bits per heavy atom. The van der Waals surface area contributed by atoms with Crippen LogP contribution in [0.5, 0.6) is 0 Å². The van der Waals surface area contributed by atoms with Crippen LogP contribution in [0.2, 0.25) is 0 Å². The average Bonchev–Trinajstić information content (AvgIpc) is 2.65. The predicted octanol–water partition coefficient (Wildman–Crippen LogP) is 1.25. The Morgan fingerprint density at radius 1 is 1.12 bits per heavy atom. The third kappa shape index (κ3) is 5.50. The molecule has 0 aromatic heterocycles. The second-order valence-corrected chi connectivity index (χ2v) is 7.73. The molecule has 0 saturated carbocycles. The minimum absolute atomic E-state index is 0.0645. The van der Waals surface area contributed by atoms with Crippen molar-refractivity contribution in [3.05, 3.63) is 29.8 Å². The molecule has 0 unspecified atom stereocenters. The fourth-order valence-corrected chi connectivity index (χ4v) is 4.41. The highest BCUT2D eigenvalue weighted by molar-refractivity contribution is 7.89. The summed E-state index contributed by atoms with van der Waals surface area (Å²) in [4.78, 5) is 12.5. The standard InChI is InChI=1S/C17H26N2O5S/c1-23-13-14-24-12-9-18-17(20)15-7-3-4-8-16(15)25(21,22)19-10-5-2-6-11-19/h3-4,7-8H,2,5-6,9-14H2,1H3,(H,18,20). The van der Waals surface area contributed by atoms with E-state index in [2.05, 4.69) is 5.32 Å². The summed E-state index contributed by atoms with van der Waals surface area (Å²) in [7, 11) is -2.07. The lowest BCUT2D eigenvalue weighted by atomic mass is 10.2. The number of nitrogens with one attached hydrogen (secondary N) is 1. The van der Waals surface area contributed by atoms with Gasteiger partial charge < -0.3 is 14.8 Å². The summed E-state index contributed by atoms with van der Waals surface area (Å²) in [5.74, 6) is -0.411. The summed E-state index contributed by atoms with van der Waals surface area (Å²) in [6.45, 7) is 2.60. The van der Waals surface area contributed by atoms with Crippen molar-refractivity contribution in [1.82, 2.24) is 9.62 Å². The number of ether oxygens (including phenoxy) is 2. The maximum absolute atomic E-state index is 12.9. The Kier molecular flexibility index (Phi) is 7.83. The van der Waals surface area contributed by atoms with Gasteiger partial charge in [0.1, 0.15) is 0 Å². The van der Waals surface area contributed by atoms with E-state index in [1.807, 2.05) is 0 Å². The summed E-state index contributed by atoms with van der Waals surface area (Å²) in [6.07, 6.45) is 2.75. The molecule has 2 rings (SSSR count). The number of benzene rings is 1. The fraction of sp³-hybridized carbons (Fsp3) is 0.588. The van der Waals surface area contributed by atoms with Crippen LogP contribution in [0.3, 0.4) is 0 Å². The molecule has 1 N–H and O–H groups in total. The monoisotopic (exact) mass is 370 g/mol. The zero-order valence-electron chi connectivity index (χ0n) is 14.6. The van der Waals surface area contributed by atoms with Crippen LogP contribution in [-0.2, 0) is 19.5 Å². The van der Waals surface area contributed by atoms with Crippen molar-refractivity contribution in [1.29, 1.82) is 0 Å². The van der Waals surface area contributed by atoms with Gasteiger partial charge >= 0.3 is 0 Å². The second-order valence-electron chi connectivity index (χ2n) is 5.82. The first-order chi connectivity index (χ1) is 12.1. The summed E-state index contributed by atoms with van der Waals surface area (Å²) in [5, 5.41) is 2.70. The van der Waals surface area contributed by atoms with Gasteiger partial charge in [0.2, 0.25) is 10.0 Å². The number of rotatable bonds is 9. The zero-order chi connectivity index (χ0) is 18.1. The van der Waals surface area contributed by atoms with Crippen molar-refractivity contribution < 1.29 is 22.7 Å². The zero-order valence-corrected chi connectivity index (χ0v) is 15.4. The van der Waals surface area contributed by atoms with Crippen LogP contribution in [0.15, 0.2) is 29.2 Å². The van der Waals surface area contributed by atoms with Crippen molar-refractivity contribution in [2.24, 2.45) is 0 Å². The van der Waals surface area contributed by atoms with Crippen LogP contribution in [-0.4, -0.2) is 65.2 Å². The van der Waals surface area contributed by atoms with Crippen LogP contribution in [0, 0.1) is 0 Å². The summed E-state index contributed by atoms with van der Waals surface area (Å²) in [6, 6.07) is 6.34. The fourth-order valence-electron chi connectivity index (χ4n) is 2.70. The number of hydrogen-bond donors (Lipinski definition) is 1. The van der Waals surface area contributed by atoms with Gasteiger partial charge in [-0.3, -0.25) is 4.79 Å². The van der Waals surface area contributed by atoms with Gasteiger partial charge in [0, 0.05) is 26.7 Å². The molecule has 8 heteroatoms. The Hall–Kier alpha value is -1.48. The van der Waals surface area contributed by atoms with E-state index in [-0.39, 0.29) is 10.5 Å². The first kappa shape index (κ1) is 19.8. The molecule has 0 bridgehead atoms. The van der Waals surface area contributed by atoms with E-state index in [9.17, 15) is 13.2 Å². The van der Waals surface area contributed by atoms with E-state index >= 15 is 0 Å². The maximum Gasteiger partial charge on any atom is 0.252 e. The van der Waals surface area contributed by atoms with E-state index in [1.54, 1.807) is 19.2 Å². The van der Waals surface area contributed by atoms with Crippen molar-refractivity contribution in [2.45, 2.75) is 24.2 Å². The van der Waals surface area contributed by atoms with Gasteiger partial charge in [-0.05, 0) is 25.0 Å². The van der Waals surface area contributed by atoms with E-state index in [0.717, 1.165) is 19.3 Å². The lowest BCUT2D eigenvalue weighted by Gasteiger charge is -2.26. The maximum atomic E-state index is 12.9. The molecule has 1 aromatic carbocycles. The molecule has 1 aromatic rings. The van der Waals surface area contributed by atoms with E-state index in [4.69, 9.17) is 9.47 Å². The molecule has 7 nitrogen and oxygen atoms in total. The molecule has 0 spiro atoms. The highest BCUT2D eigenvalue weighted by Gasteiger charge is 2.29. The van der Waals surface area contributed by atoms with Gasteiger partial charge in [-0.1, -0.05) is 18.6 Å². The minimum atomic E-state index is -3.66. The van der Waals surface area contributed by atoms with E-state index in [1.165, 1.54) is 16.4 Å². The molecule has 1 aliphatic rings. The molecule has 1 saturated heterocycles. The third-order valence-electron chi connectivity index (χ3n) is 4.03. The van der Waals surface area contributed by atoms with Gasteiger partial charge in [0.25, 0.3) is 5.91 Å². The SMILES string of the molecule is COCCOCCNC(=O)c1ccccc1S(=O)(=O)N1CCCCC1. The van der Waals surface area contributed by atoms with Gasteiger partial charge in [-0.25, -0.2) is 8.42 Å². The molecular formula is C17H26N2O5S. The number of hydrogen-bond acceptors (Lipinski definition) is 5. The number of methoxy groups -OCH3 is 1. The Balaban J connectivity index is 2.03. The number of carbonyl (C=O) groups excluding carboxylic acids is 1. The molecule has 0 radical (unpaired) electrons. The van der Waals surface area contributed by atoms with Gasteiger partial charge in [-0.15, -0.1) is 0 Å². The Bertz CT molecular complexity index is 657. The first-order valence-electron chi connectivity index (χ1n) is 8.51.